The highest BCUT2D eigenvalue weighted by Gasteiger charge is 2.27. The van der Waals surface area contributed by atoms with Crippen LogP contribution in [0.2, 0.25) is 0 Å². The van der Waals surface area contributed by atoms with Crippen LogP contribution in [-0.4, -0.2) is 18.0 Å². The molecule has 1 heterocycles. The first-order valence-corrected chi connectivity index (χ1v) is 6.66. The molecule has 0 radical (unpaired) electrons. The van der Waals surface area contributed by atoms with Crippen molar-refractivity contribution in [3.63, 3.8) is 0 Å². The van der Waals surface area contributed by atoms with Crippen molar-refractivity contribution in [3.05, 3.63) is 35.4 Å². The molecule has 1 unspecified atom stereocenters. The van der Waals surface area contributed by atoms with Crippen LogP contribution in [-0.2, 0) is 13.1 Å². The predicted octanol–water partition coefficient (Wildman–Crippen LogP) is 2.77. The van der Waals surface area contributed by atoms with Gasteiger partial charge in [0, 0.05) is 19.6 Å². The van der Waals surface area contributed by atoms with Crippen molar-refractivity contribution < 1.29 is 0 Å². The van der Waals surface area contributed by atoms with Gasteiger partial charge >= 0.3 is 0 Å². The van der Waals surface area contributed by atoms with E-state index in [1.807, 2.05) is 0 Å². The zero-order chi connectivity index (χ0) is 12.3. The van der Waals surface area contributed by atoms with Gasteiger partial charge in [0.25, 0.3) is 0 Å². The summed E-state index contributed by atoms with van der Waals surface area (Å²) >= 11 is 0. The number of benzene rings is 1. The fraction of sp³-hybridized carbons (Fsp3) is 0.600. The highest BCUT2D eigenvalue weighted by molar-refractivity contribution is 5.30. The lowest BCUT2D eigenvalue weighted by atomic mass is 9.85. The van der Waals surface area contributed by atoms with Gasteiger partial charge in [-0.05, 0) is 29.5 Å². The third-order valence-electron chi connectivity index (χ3n) is 3.86. The molecular weight excluding hydrogens is 208 g/mol. The van der Waals surface area contributed by atoms with E-state index in [2.05, 4.69) is 43.0 Å². The number of fused-ring (bicyclic) bond motifs is 1. The Morgan fingerprint density at radius 1 is 1.24 bits per heavy atom. The first-order chi connectivity index (χ1) is 8.17. The van der Waals surface area contributed by atoms with E-state index in [4.69, 9.17) is 5.73 Å². The number of nitrogens with two attached hydrogens (primary N) is 1. The lowest BCUT2D eigenvalue weighted by Crippen LogP contribution is -2.38. The van der Waals surface area contributed by atoms with Crippen molar-refractivity contribution in [2.24, 2.45) is 11.1 Å². The molecular formula is C15H24N2. The van der Waals surface area contributed by atoms with Crippen LogP contribution in [0, 0.1) is 5.41 Å². The van der Waals surface area contributed by atoms with E-state index >= 15 is 0 Å². The molecule has 0 aliphatic carbocycles. The average molecular weight is 232 g/mol. The second kappa shape index (κ2) is 5.19. The van der Waals surface area contributed by atoms with Crippen molar-refractivity contribution in [1.29, 1.82) is 0 Å². The van der Waals surface area contributed by atoms with Crippen molar-refractivity contribution in [3.8, 4) is 0 Å². The summed E-state index contributed by atoms with van der Waals surface area (Å²) in [4.78, 5) is 2.53. The van der Waals surface area contributed by atoms with Crippen LogP contribution in [0.1, 0.15) is 37.8 Å². The molecule has 2 N–H and O–H groups in total. The Morgan fingerprint density at radius 2 is 1.82 bits per heavy atom. The number of nitrogens with zero attached hydrogens (tertiary/aromatic N) is 1. The molecule has 2 nitrogen and oxygen atoms in total. The molecule has 0 spiro atoms. The molecule has 2 heteroatoms. The summed E-state index contributed by atoms with van der Waals surface area (Å²) in [6.07, 6.45) is 2.44. The summed E-state index contributed by atoms with van der Waals surface area (Å²) in [7, 11) is 0. The summed E-state index contributed by atoms with van der Waals surface area (Å²) in [6, 6.07) is 8.76. The van der Waals surface area contributed by atoms with E-state index in [-0.39, 0.29) is 5.41 Å². The van der Waals surface area contributed by atoms with Crippen LogP contribution in [0.5, 0.6) is 0 Å². The van der Waals surface area contributed by atoms with Crippen LogP contribution < -0.4 is 5.73 Å². The average Bonchev–Trinajstić information content (AvgIpc) is 2.71. The lowest BCUT2D eigenvalue weighted by molar-refractivity contribution is 0.159. The fourth-order valence-electron chi connectivity index (χ4n) is 2.90. The summed E-state index contributed by atoms with van der Waals surface area (Å²) in [5.74, 6) is 0. The minimum atomic E-state index is 0.275. The van der Waals surface area contributed by atoms with Gasteiger partial charge in [0.15, 0.2) is 0 Å². The molecule has 0 aromatic heterocycles. The summed E-state index contributed by atoms with van der Waals surface area (Å²) in [5, 5.41) is 0. The molecule has 0 amide bonds. The molecule has 1 atom stereocenters. The Balaban J connectivity index is 1.99. The molecule has 1 aromatic carbocycles. The maximum atomic E-state index is 5.95. The van der Waals surface area contributed by atoms with Gasteiger partial charge in [0.1, 0.15) is 0 Å². The zero-order valence-electron chi connectivity index (χ0n) is 11.1. The predicted molar refractivity (Wildman–Crippen MR) is 72.6 cm³/mol. The molecule has 94 valence electrons. The molecule has 1 aliphatic heterocycles. The third kappa shape index (κ3) is 2.88. The van der Waals surface area contributed by atoms with Gasteiger partial charge in [0.05, 0.1) is 0 Å². The first kappa shape index (κ1) is 12.6. The quantitative estimate of drug-likeness (QED) is 0.846. The van der Waals surface area contributed by atoms with Crippen LogP contribution in [0.15, 0.2) is 24.3 Å². The largest absolute Gasteiger partial charge is 0.330 e. The van der Waals surface area contributed by atoms with E-state index in [9.17, 15) is 0 Å². The highest BCUT2D eigenvalue weighted by Crippen LogP contribution is 2.29. The van der Waals surface area contributed by atoms with E-state index < -0.39 is 0 Å². The Kier molecular flexibility index (Phi) is 3.85. The molecule has 2 rings (SSSR count). The molecule has 1 aliphatic rings. The third-order valence-corrected chi connectivity index (χ3v) is 3.86. The van der Waals surface area contributed by atoms with Gasteiger partial charge < -0.3 is 5.73 Å². The molecule has 17 heavy (non-hydrogen) atoms. The van der Waals surface area contributed by atoms with Gasteiger partial charge in [-0.2, -0.15) is 0 Å². The maximum absolute atomic E-state index is 5.95. The molecule has 0 saturated heterocycles. The highest BCUT2D eigenvalue weighted by atomic mass is 15.1. The fourth-order valence-corrected chi connectivity index (χ4v) is 2.90. The van der Waals surface area contributed by atoms with Crippen LogP contribution in [0.4, 0.5) is 0 Å². The standard InChI is InChI=1S/C15H24N2/c1-3-8-15(2,11-16)12-17-9-13-6-4-5-7-14(13)10-17/h4-7H,3,8-12,16H2,1-2H3. The van der Waals surface area contributed by atoms with Gasteiger partial charge in [-0.1, -0.05) is 44.5 Å². The second-order valence-electron chi connectivity index (χ2n) is 5.68. The van der Waals surface area contributed by atoms with E-state index in [0.29, 0.717) is 0 Å². The zero-order valence-corrected chi connectivity index (χ0v) is 11.1. The Bertz CT molecular complexity index is 350. The smallest absolute Gasteiger partial charge is 0.0240 e. The summed E-state index contributed by atoms with van der Waals surface area (Å²) in [5.41, 5.74) is 9.20. The number of hydrogen-bond donors (Lipinski definition) is 1. The SMILES string of the molecule is CCCC(C)(CN)CN1Cc2ccccc2C1. The van der Waals surface area contributed by atoms with E-state index in [1.165, 1.54) is 24.0 Å². The van der Waals surface area contributed by atoms with Gasteiger partial charge in [-0.15, -0.1) is 0 Å². The van der Waals surface area contributed by atoms with Crippen LogP contribution >= 0.6 is 0 Å². The van der Waals surface area contributed by atoms with Crippen LogP contribution in [0.3, 0.4) is 0 Å². The van der Waals surface area contributed by atoms with Crippen molar-refractivity contribution in [1.82, 2.24) is 4.90 Å². The Morgan fingerprint density at radius 3 is 2.29 bits per heavy atom. The van der Waals surface area contributed by atoms with Crippen molar-refractivity contribution in [2.45, 2.75) is 39.8 Å². The first-order valence-electron chi connectivity index (χ1n) is 6.66. The van der Waals surface area contributed by atoms with Crippen molar-refractivity contribution in [2.75, 3.05) is 13.1 Å². The minimum absolute atomic E-state index is 0.275. The van der Waals surface area contributed by atoms with Crippen molar-refractivity contribution >= 4 is 0 Å². The molecule has 0 fully saturated rings. The monoisotopic (exact) mass is 232 g/mol. The molecule has 0 saturated carbocycles. The Labute approximate surface area is 105 Å². The summed E-state index contributed by atoms with van der Waals surface area (Å²) in [6.45, 7) is 8.65. The minimum Gasteiger partial charge on any atom is -0.330 e. The van der Waals surface area contributed by atoms with Gasteiger partial charge in [0.2, 0.25) is 0 Å². The summed E-state index contributed by atoms with van der Waals surface area (Å²) < 4.78 is 0. The number of hydrogen-bond acceptors (Lipinski definition) is 2. The van der Waals surface area contributed by atoms with E-state index in [1.54, 1.807) is 0 Å². The molecule has 1 aromatic rings. The number of rotatable bonds is 5. The normalized spacial score (nSPS) is 19.0. The second-order valence-corrected chi connectivity index (χ2v) is 5.68. The molecule has 0 bridgehead atoms. The Hall–Kier alpha value is -0.860. The topological polar surface area (TPSA) is 29.3 Å². The maximum Gasteiger partial charge on any atom is 0.0240 e. The van der Waals surface area contributed by atoms with E-state index in [0.717, 1.165) is 26.2 Å². The van der Waals surface area contributed by atoms with Gasteiger partial charge in [-0.3, -0.25) is 4.90 Å². The van der Waals surface area contributed by atoms with Crippen LogP contribution in [0.25, 0.3) is 0 Å². The lowest BCUT2D eigenvalue weighted by Gasteiger charge is -2.32. The van der Waals surface area contributed by atoms with Gasteiger partial charge in [-0.25, -0.2) is 0 Å².